The van der Waals surface area contributed by atoms with E-state index in [1.54, 1.807) is 4.57 Å². The Hall–Kier alpha value is -1.58. The first-order valence-corrected chi connectivity index (χ1v) is 8.47. The molecule has 0 bridgehead atoms. The Bertz CT molecular complexity index is 768. The highest BCUT2D eigenvalue weighted by atomic mass is 32.2. The molecule has 2 heterocycles. The van der Waals surface area contributed by atoms with Gasteiger partial charge in [0.25, 0.3) is 0 Å². The second-order valence-electron chi connectivity index (χ2n) is 4.88. The summed E-state index contributed by atoms with van der Waals surface area (Å²) in [7, 11) is 0. The normalized spacial score (nSPS) is 10.6. The lowest BCUT2D eigenvalue weighted by molar-refractivity contribution is 0.730. The van der Waals surface area contributed by atoms with Crippen molar-refractivity contribution in [2.24, 2.45) is 0 Å². The van der Waals surface area contributed by atoms with Gasteiger partial charge in [0.1, 0.15) is 11.1 Å². The lowest BCUT2D eigenvalue weighted by Gasteiger charge is -2.11. The number of hydrogen-bond acceptors (Lipinski definition) is 5. The monoisotopic (exact) mass is 319 g/mol. The average Bonchev–Trinajstić information content (AvgIpc) is 2.77. The summed E-state index contributed by atoms with van der Waals surface area (Å²) in [5.74, 6) is 0.723. The number of pyridine rings is 1. The number of aryl methyl sites for hydroxylation is 2. The molecule has 0 amide bonds. The van der Waals surface area contributed by atoms with Gasteiger partial charge in [-0.1, -0.05) is 11.3 Å². The number of nitrogens with zero attached hydrogens (tertiary/aromatic N) is 3. The predicted octanol–water partition coefficient (Wildman–Crippen LogP) is 3.20. The summed E-state index contributed by atoms with van der Waals surface area (Å²) in [5.41, 5.74) is 4.66. The van der Waals surface area contributed by atoms with Gasteiger partial charge in [-0.3, -0.25) is 4.79 Å². The van der Waals surface area contributed by atoms with E-state index in [0.29, 0.717) is 12.1 Å². The molecule has 2 aromatic heterocycles. The van der Waals surface area contributed by atoms with Crippen LogP contribution in [0.2, 0.25) is 0 Å². The molecule has 0 radical (unpaired) electrons. The van der Waals surface area contributed by atoms with Crippen LogP contribution in [-0.2, 0) is 6.54 Å². The highest BCUT2D eigenvalue weighted by Crippen LogP contribution is 2.26. The quantitative estimate of drug-likeness (QED) is 0.812. The van der Waals surface area contributed by atoms with Crippen LogP contribution in [0.3, 0.4) is 0 Å². The van der Waals surface area contributed by atoms with Crippen LogP contribution in [0.1, 0.15) is 28.1 Å². The molecule has 0 fully saturated rings. The van der Waals surface area contributed by atoms with Crippen molar-refractivity contribution in [2.75, 3.05) is 5.75 Å². The molecule has 0 saturated carbocycles. The van der Waals surface area contributed by atoms with E-state index >= 15 is 0 Å². The molecule has 0 aliphatic rings. The van der Waals surface area contributed by atoms with Crippen LogP contribution in [0, 0.1) is 39.0 Å². The Morgan fingerprint density at radius 1 is 1.33 bits per heavy atom. The summed E-state index contributed by atoms with van der Waals surface area (Å²) in [6, 6.07) is 2.25. The second kappa shape index (κ2) is 6.46. The number of nitriles is 1. The van der Waals surface area contributed by atoms with E-state index < -0.39 is 0 Å². The number of rotatable bonds is 4. The molecule has 2 rings (SSSR count). The number of hydrogen-bond donors (Lipinski definition) is 0. The van der Waals surface area contributed by atoms with Gasteiger partial charge in [0.05, 0.1) is 5.56 Å². The van der Waals surface area contributed by atoms with Gasteiger partial charge in [-0.2, -0.15) is 5.26 Å². The fourth-order valence-electron chi connectivity index (χ4n) is 2.06. The highest BCUT2D eigenvalue weighted by Gasteiger charge is 2.13. The molecule has 0 aliphatic carbocycles. The fourth-order valence-corrected chi connectivity index (χ4v) is 3.83. The summed E-state index contributed by atoms with van der Waals surface area (Å²) >= 11 is 2.76. The molecule has 0 aliphatic heterocycles. The van der Waals surface area contributed by atoms with Gasteiger partial charge in [0.2, 0.25) is 0 Å². The Morgan fingerprint density at radius 2 is 2.05 bits per heavy atom. The molecule has 4 nitrogen and oxygen atoms in total. The van der Waals surface area contributed by atoms with E-state index in [-0.39, 0.29) is 4.87 Å². The first kappa shape index (κ1) is 15.8. The molecule has 6 heteroatoms. The molecule has 2 aromatic rings. The van der Waals surface area contributed by atoms with Gasteiger partial charge in [-0.25, -0.2) is 4.98 Å². The maximum atomic E-state index is 11.7. The first-order chi connectivity index (χ1) is 9.95. The van der Waals surface area contributed by atoms with Crippen molar-refractivity contribution in [1.29, 1.82) is 5.26 Å². The third-order valence-electron chi connectivity index (χ3n) is 3.61. The van der Waals surface area contributed by atoms with Crippen LogP contribution in [-0.4, -0.2) is 15.3 Å². The maximum Gasteiger partial charge on any atom is 0.307 e. The molecule has 0 spiro atoms. The van der Waals surface area contributed by atoms with Crippen molar-refractivity contribution in [3.05, 3.63) is 43.1 Å². The molecular weight excluding hydrogens is 302 g/mol. The predicted molar refractivity (Wildman–Crippen MR) is 87.2 cm³/mol. The Morgan fingerprint density at radius 3 is 2.62 bits per heavy atom. The van der Waals surface area contributed by atoms with Crippen molar-refractivity contribution in [1.82, 2.24) is 9.55 Å². The zero-order valence-electron chi connectivity index (χ0n) is 12.6. The Balaban J connectivity index is 2.18. The van der Waals surface area contributed by atoms with Crippen molar-refractivity contribution in [3.63, 3.8) is 0 Å². The van der Waals surface area contributed by atoms with E-state index in [1.165, 1.54) is 23.1 Å². The van der Waals surface area contributed by atoms with E-state index in [9.17, 15) is 10.1 Å². The molecule has 21 heavy (non-hydrogen) atoms. The van der Waals surface area contributed by atoms with Gasteiger partial charge in [-0.15, -0.1) is 11.8 Å². The molecular formula is C15H17N3OS2. The minimum absolute atomic E-state index is 0.0674. The minimum atomic E-state index is 0.0674. The molecule has 110 valence electrons. The Labute approximate surface area is 132 Å². The van der Waals surface area contributed by atoms with Gasteiger partial charge in [0, 0.05) is 29.1 Å². The number of thiazole rings is 1. The van der Waals surface area contributed by atoms with Gasteiger partial charge in [0.15, 0.2) is 0 Å². The summed E-state index contributed by atoms with van der Waals surface area (Å²) in [4.78, 5) is 16.3. The van der Waals surface area contributed by atoms with E-state index in [4.69, 9.17) is 0 Å². The van der Waals surface area contributed by atoms with Crippen molar-refractivity contribution in [3.8, 4) is 6.07 Å². The van der Waals surface area contributed by atoms with Crippen molar-refractivity contribution in [2.45, 2.75) is 39.3 Å². The molecule has 0 unspecified atom stereocenters. The summed E-state index contributed by atoms with van der Waals surface area (Å²) < 4.78 is 1.76. The smallest absolute Gasteiger partial charge is 0.303 e. The topological polar surface area (TPSA) is 58.7 Å². The average molecular weight is 319 g/mol. The zero-order valence-corrected chi connectivity index (χ0v) is 14.2. The SMILES string of the molecule is Cc1nc(SCCn2c(C)csc2=O)c(C#N)c(C)c1C. The Kier molecular flexibility index (Phi) is 4.86. The fraction of sp³-hybridized carbons (Fsp3) is 0.400. The summed E-state index contributed by atoms with van der Waals surface area (Å²) in [6.07, 6.45) is 0. The lowest BCUT2D eigenvalue weighted by atomic mass is 10.1. The highest BCUT2D eigenvalue weighted by molar-refractivity contribution is 7.99. The summed E-state index contributed by atoms with van der Waals surface area (Å²) in [5, 5.41) is 12.0. The second-order valence-corrected chi connectivity index (χ2v) is 6.79. The molecule has 0 atom stereocenters. The lowest BCUT2D eigenvalue weighted by Crippen LogP contribution is -2.16. The number of aromatic nitrogens is 2. The largest absolute Gasteiger partial charge is 0.307 e. The van der Waals surface area contributed by atoms with E-state index in [0.717, 1.165) is 33.3 Å². The van der Waals surface area contributed by atoms with Crippen LogP contribution < -0.4 is 4.87 Å². The first-order valence-electron chi connectivity index (χ1n) is 6.61. The third-order valence-corrected chi connectivity index (χ3v) is 5.44. The van der Waals surface area contributed by atoms with Crippen LogP contribution in [0.25, 0.3) is 0 Å². The van der Waals surface area contributed by atoms with Crippen molar-refractivity contribution >= 4 is 23.1 Å². The van der Waals surface area contributed by atoms with Gasteiger partial charge >= 0.3 is 4.87 Å². The van der Waals surface area contributed by atoms with Crippen LogP contribution in [0.5, 0.6) is 0 Å². The summed E-state index contributed by atoms with van der Waals surface area (Å²) in [6.45, 7) is 8.47. The standard InChI is InChI=1S/C15H17N3OS2/c1-9-8-21-15(19)18(9)5-6-20-14-13(7-16)11(3)10(2)12(4)17-14/h8H,5-6H2,1-4H3. The zero-order chi connectivity index (χ0) is 15.6. The van der Waals surface area contributed by atoms with E-state index in [2.05, 4.69) is 11.1 Å². The molecule has 0 saturated heterocycles. The minimum Gasteiger partial charge on any atom is -0.303 e. The molecule has 0 N–H and O–H groups in total. The maximum absolute atomic E-state index is 11.7. The van der Waals surface area contributed by atoms with Gasteiger partial charge in [-0.05, 0) is 38.8 Å². The van der Waals surface area contributed by atoms with Crippen LogP contribution in [0.15, 0.2) is 15.2 Å². The van der Waals surface area contributed by atoms with E-state index in [1.807, 2.05) is 33.1 Å². The van der Waals surface area contributed by atoms with Crippen LogP contribution >= 0.6 is 23.1 Å². The van der Waals surface area contributed by atoms with Crippen molar-refractivity contribution < 1.29 is 0 Å². The third kappa shape index (κ3) is 3.20. The molecule has 0 aromatic carbocycles. The van der Waals surface area contributed by atoms with Gasteiger partial charge < -0.3 is 4.57 Å². The van der Waals surface area contributed by atoms with Crippen LogP contribution in [0.4, 0.5) is 0 Å². The number of thioether (sulfide) groups is 1.